The van der Waals surface area contributed by atoms with Crippen LogP contribution in [-0.2, 0) is 0 Å². The van der Waals surface area contributed by atoms with Crippen molar-refractivity contribution >= 4 is 12.6 Å². The first kappa shape index (κ1) is 13.2. The molecule has 11 heavy (non-hydrogen) atoms. The Labute approximate surface area is 76.1 Å². The van der Waals surface area contributed by atoms with Gasteiger partial charge in [0.1, 0.15) is 0 Å². The zero-order valence-electron chi connectivity index (χ0n) is 7.89. The summed E-state index contributed by atoms with van der Waals surface area (Å²) in [6.07, 6.45) is 5.62. The number of hydrogen-bond acceptors (Lipinski definition) is 1. The van der Waals surface area contributed by atoms with Crippen molar-refractivity contribution < 1.29 is 0 Å². The van der Waals surface area contributed by atoms with E-state index in [4.69, 9.17) is 0 Å². The van der Waals surface area contributed by atoms with Crippen LogP contribution in [0.5, 0.6) is 0 Å². The molecular formula is C10H18S. The lowest BCUT2D eigenvalue weighted by molar-refractivity contribution is 1.46. The van der Waals surface area contributed by atoms with E-state index in [1.165, 1.54) is 5.57 Å². The molecule has 0 nitrogen and oxygen atoms in total. The predicted molar refractivity (Wildman–Crippen MR) is 58.0 cm³/mol. The maximum Gasteiger partial charge on any atom is 0.00657 e. The molecule has 0 amide bonds. The molecule has 0 aromatic heterocycles. The second-order valence-electron chi connectivity index (χ2n) is 1.76. The predicted octanol–water partition coefficient (Wildman–Crippen LogP) is 3.98. The van der Waals surface area contributed by atoms with Gasteiger partial charge in [-0.3, -0.25) is 0 Å². The van der Waals surface area contributed by atoms with Crippen LogP contribution in [0.3, 0.4) is 0 Å². The molecule has 0 aliphatic carbocycles. The van der Waals surface area contributed by atoms with E-state index < -0.39 is 0 Å². The number of thiol groups is 1. The quantitative estimate of drug-likeness (QED) is 0.470. The molecule has 0 saturated carbocycles. The lowest BCUT2D eigenvalue weighted by atomic mass is 10.2. The van der Waals surface area contributed by atoms with Gasteiger partial charge in [0.25, 0.3) is 0 Å². The minimum Gasteiger partial charge on any atom is -0.143 e. The Kier molecular flexibility index (Phi) is 11.5. The Hall–Kier alpha value is -0.430. The molecule has 0 rings (SSSR count). The zero-order chi connectivity index (χ0) is 9.28. The summed E-state index contributed by atoms with van der Waals surface area (Å²) in [5.41, 5.74) is 1.18. The van der Waals surface area contributed by atoms with Crippen molar-refractivity contribution in [2.45, 2.75) is 27.7 Å². The summed E-state index contributed by atoms with van der Waals surface area (Å²) in [6, 6.07) is 0. The van der Waals surface area contributed by atoms with Crippen molar-refractivity contribution in [2.24, 2.45) is 0 Å². The van der Waals surface area contributed by atoms with Crippen molar-refractivity contribution in [2.75, 3.05) is 0 Å². The van der Waals surface area contributed by atoms with Crippen molar-refractivity contribution in [3.05, 3.63) is 35.3 Å². The van der Waals surface area contributed by atoms with E-state index in [0.717, 1.165) is 4.91 Å². The molecule has 0 radical (unpaired) electrons. The largest absolute Gasteiger partial charge is 0.143 e. The maximum atomic E-state index is 4.21. The summed E-state index contributed by atoms with van der Waals surface area (Å²) >= 11 is 4.21. The fourth-order valence-electron chi connectivity index (χ4n) is 0.391. The van der Waals surface area contributed by atoms with Crippen molar-refractivity contribution in [1.29, 1.82) is 0 Å². The third-order valence-electron chi connectivity index (χ3n) is 1.11. The lowest BCUT2D eigenvalue weighted by Crippen LogP contribution is -1.71. The summed E-state index contributed by atoms with van der Waals surface area (Å²) < 4.78 is 0. The third-order valence-corrected chi connectivity index (χ3v) is 1.61. The second-order valence-corrected chi connectivity index (χ2v) is 2.24. The second kappa shape index (κ2) is 9.57. The highest BCUT2D eigenvalue weighted by Crippen LogP contribution is 2.12. The van der Waals surface area contributed by atoms with E-state index in [1.54, 1.807) is 6.08 Å². The Balaban J connectivity index is 0. The van der Waals surface area contributed by atoms with Gasteiger partial charge in [0, 0.05) is 4.91 Å². The monoisotopic (exact) mass is 170 g/mol. The third kappa shape index (κ3) is 7.47. The summed E-state index contributed by atoms with van der Waals surface area (Å²) in [5.74, 6) is 0. The van der Waals surface area contributed by atoms with Gasteiger partial charge in [-0.25, -0.2) is 0 Å². The lowest BCUT2D eigenvalue weighted by Gasteiger charge is -1.94. The van der Waals surface area contributed by atoms with Crippen molar-refractivity contribution in [1.82, 2.24) is 0 Å². The molecule has 0 bridgehead atoms. The first-order valence-electron chi connectivity index (χ1n) is 3.87. The van der Waals surface area contributed by atoms with E-state index >= 15 is 0 Å². The highest BCUT2D eigenvalue weighted by atomic mass is 32.1. The number of allylic oxidation sites excluding steroid dienone is 4. The van der Waals surface area contributed by atoms with E-state index in [-0.39, 0.29) is 0 Å². The summed E-state index contributed by atoms with van der Waals surface area (Å²) in [5, 5.41) is 0. The summed E-state index contributed by atoms with van der Waals surface area (Å²) in [6.45, 7) is 11.6. The Bertz CT molecular complexity index is 152. The molecule has 1 heteroatoms. The van der Waals surface area contributed by atoms with E-state index in [1.807, 2.05) is 39.8 Å². The fraction of sp³-hybridized carbons (Fsp3) is 0.400. The molecule has 64 valence electrons. The summed E-state index contributed by atoms with van der Waals surface area (Å²) in [7, 11) is 0. The number of rotatable bonds is 2. The molecule has 0 heterocycles. The molecule has 0 spiro atoms. The van der Waals surface area contributed by atoms with Gasteiger partial charge in [0.2, 0.25) is 0 Å². The minimum absolute atomic E-state index is 0.979. The van der Waals surface area contributed by atoms with Gasteiger partial charge < -0.3 is 0 Å². The van der Waals surface area contributed by atoms with Crippen LogP contribution < -0.4 is 0 Å². The highest BCUT2D eigenvalue weighted by molar-refractivity contribution is 7.84. The van der Waals surface area contributed by atoms with Gasteiger partial charge in [-0.15, -0.1) is 12.6 Å². The Morgan fingerprint density at radius 2 is 1.82 bits per heavy atom. The molecule has 0 fully saturated rings. The van der Waals surface area contributed by atoms with Crippen LogP contribution in [0.25, 0.3) is 0 Å². The number of hydrogen-bond donors (Lipinski definition) is 1. The molecule has 0 unspecified atom stereocenters. The molecule has 0 aromatic rings. The Morgan fingerprint density at radius 3 is 2.09 bits per heavy atom. The van der Waals surface area contributed by atoms with Gasteiger partial charge in [0.05, 0.1) is 0 Å². The molecule has 0 aromatic carbocycles. The first-order chi connectivity index (χ1) is 5.22. The van der Waals surface area contributed by atoms with Crippen LogP contribution >= 0.6 is 12.6 Å². The minimum atomic E-state index is 0.979. The summed E-state index contributed by atoms with van der Waals surface area (Å²) in [4.78, 5) is 0.979. The molecule has 0 aliphatic heterocycles. The fourth-order valence-corrected chi connectivity index (χ4v) is 0.625. The normalized spacial score (nSPS) is 11.7. The molecule has 0 N–H and O–H groups in total. The smallest absolute Gasteiger partial charge is 0.00657 e. The Morgan fingerprint density at radius 1 is 1.36 bits per heavy atom. The van der Waals surface area contributed by atoms with E-state index in [2.05, 4.69) is 19.2 Å². The van der Waals surface area contributed by atoms with Gasteiger partial charge in [0.15, 0.2) is 0 Å². The molecule has 0 saturated heterocycles. The van der Waals surface area contributed by atoms with Gasteiger partial charge in [-0.05, 0) is 25.5 Å². The van der Waals surface area contributed by atoms with Crippen LogP contribution in [0, 0.1) is 0 Å². The van der Waals surface area contributed by atoms with Crippen LogP contribution in [0.1, 0.15) is 27.7 Å². The van der Waals surface area contributed by atoms with Crippen LogP contribution in [0.2, 0.25) is 0 Å². The van der Waals surface area contributed by atoms with Gasteiger partial charge >= 0.3 is 0 Å². The molecule has 0 aliphatic rings. The average Bonchev–Trinajstić information content (AvgIpc) is 2.07. The van der Waals surface area contributed by atoms with E-state index in [9.17, 15) is 0 Å². The molecule has 0 atom stereocenters. The van der Waals surface area contributed by atoms with Gasteiger partial charge in [-0.2, -0.15) is 0 Å². The van der Waals surface area contributed by atoms with Crippen LogP contribution in [0.4, 0.5) is 0 Å². The molecular weight excluding hydrogens is 152 g/mol. The SMILES string of the molecule is C=C/C=C(S)\C(C)=C/C.CC. The van der Waals surface area contributed by atoms with Crippen LogP contribution in [0.15, 0.2) is 35.3 Å². The topological polar surface area (TPSA) is 0 Å². The average molecular weight is 170 g/mol. The van der Waals surface area contributed by atoms with Crippen molar-refractivity contribution in [3.63, 3.8) is 0 Å². The zero-order valence-corrected chi connectivity index (χ0v) is 8.78. The van der Waals surface area contributed by atoms with E-state index in [0.29, 0.717) is 0 Å². The standard InChI is InChI=1S/C8H12S.C2H6/c1-4-6-8(9)7(3)5-2;1-2/h4-6,9H,1H2,2-3H3;1-2H3/b7-5-,8-6+;. The highest BCUT2D eigenvalue weighted by Gasteiger charge is 1.87. The van der Waals surface area contributed by atoms with Crippen LogP contribution in [-0.4, -0.2) is 0 Å². The first-order valence-corrected chi connectivity index (χ1v) is 4.32. The van der Waals surface area contributed by atoms with Gasteiger partial charge in [-0.1, -0.05) is 32.6 Å². The van der Waals surface area contributed by atoms with Crippen molar-refractivity contribution in [3.8, 4) is 0 Å². The maximum absolute atomic E-state index is 4.21.